The molecular formula is C52H34N4. The van der Waals surface area contributed by atoms with Crippen LogP contribution in [0.25, 0.3) is 100 Å². The Morgan fingerprint density at radius 1 is 0.268 bits per heavy atom. The summed E-state index contributed by atoms with van der Waals surface area (Å²) >= 11 is 0. The van der Waals surface area contributed by atoms with Crippen LogP contribution >= 0.6 is 0 Å². The maximum absolute atomic E-state index is 5.41. The van der Waals surface area contributed by atoms with Crippen molar-refractivity contribution >= 4 is 43.6 Å². The minimum atomic E-state index is 0.863. The summed E-state index contributed by atoms with van der Waals surface area (Å²) in [6.07, 6.45) is 0. The Morgan fingerprint density at radius 3 is 1.11 bits per heavy atom. The third kappa shape index (κ3) is 5.23. The van der Waals surface area contributed by atoms with Crippen LogP contribution in [0, 0.1) is 0 Å². The van der Waals surface area contributed by atoms with Gasteiger partial charge in [-0.15, -0.1) is 0 Å². The normalized spacial score (nSPS) is 11.6. The van der Waals surface area contributed by atoms with Crippen LogP contribution in [0.4, 0.5) is 0 Å². The highest BCUT2D eigenvalue weighted by molar-refractivity contribution is 6.23. The third-order valence-corrected chi connectivity index (χ3v) is 10.9. The minimum Gasteiger partial charge on any atom is -0.292 e. The first-order valence-corrected chi connectivity index (χ1v) is 19.0. The Hall–Kier alpha value is -7.56. The molecule has 11 aromatic rings. The van der Waals surface area contributed by atoms with E-state index in [-0.39, 0.29) is 0 Å². The van der Waals surface area contributed by atoms with Crippen molar-refractivity contribution in [1.82, 2.24) is 19.1 Å². The first kappa shape index (κ1) is 31.9. The van der Waals surface area contributed by atoms with Gasteiger partial charge in [0.05, 0.1) is 33.5 Å². The molecule has 0 fully saturated rings. The molecule has 0 atom stereocenters. The summed E-state index contributed by atoms with van der Waals surface area (Å²) in [6, 6.07) is 73.0. The van der Waals surface area contributed by atoms with Crippen molar-refractivity contribution in [3.05, 3.63) is 206 Å². The summed E-state index contributed by atoms with van der Waals surface area (Å²) in [5.41, 5.74) is 13.1. The highest BCUT2D eigenvalue weighted by atomic mass is 15.1. The average molecular weight is 715 g/mol. The topological polar surface area (TPSA) is 35.6 Å². The van der Waals surface area contributed by atoms with E-state index in [1.165, 1.54) is 43.8 Å². The number of rotatable bonds is 6. The molecule has 0 bridgehead atoms. The number of aromatic nitrogens is 4. The number of hydrogen-bond donors (Lipinski definition) is 0. The van der Waals surface area contributed by atoms with Gasteiger partial charge >= 0.3 is 0 Å². The fourth-order valence-corrected chi connectivity index (χ4v) is 8.37. The van der Waals surface area contributed by atoms with Gasteiger partial charge in [-0.25, -0.2) is 9.97 Å². The van der Waals surface area contributed by atoms with Gasteiger partial charge in [0.15, 0.2) is 0 Å². The van der Waals surface area contributed by atoms with Gasteiger partial charge in [-0.2, -0.15) is 0 Å². The molecule has 0 saturated carbocycles. The maximum Gasteiger partial charge on any atom is 0.138 e. The van der Waals surface area contributed by atoms with Gasteiger partial charge in [-0.1, -0.05) is 158 Å². The van der Waals surface area contributed by atoms with Crippen LogP contribution in [0.1, 0.15) is 0 Å². The molecule has 0 N–H and O–H groups in total. The van der Waals surface area contributed by atoms with Crippen LogP contribution in [0.2, 0.25) is 0 Å². The van der Waals surface area contributed by atoms with Crippen LogP contribution < -0.4 is 0 Å². The third-order valence-electron chi connectivity index (χ3n) is 10.9. The van der Waals surface area contributed by atoms with E-state index in [1.807, 2.05) is 0 Å². The number of benzene rings is 7. The van der Waals surface area contributed by atoms with Crippen molar-refractivity contribution in [3.8, 4) is 56.4 Å². The van der Waals surface area contributed by atoms with E-state index in [0.29, 0.717) is 0 Å². The number of para-hydroxylation sites is 2. The number of pyridine rings is 2. The zero-order valence-electron chi connectivity index (χ0n) is 30.4. The van der Waals surface area contributed by atoms with E-state index in [1.54, 1.807) is 0 Å². The molecule has 262 valence electrons. The first-order chi connectivity index (χ1) is 27.8. The Morgan fingerprint density at radius 2 is 0.643 bits per heavy atom. The van der Waals surface area contributed by atoms with Crippen LogP contribution in [0.5, 0.6) is 0 Å². The lowest BCUT2D eigenvalue weighted by molar-refractivity contribution is 1.06. The summed E-state index contributed by atoms with van der Waals surface area (Å²) in [7, 11) is 0. The van der Waals surface area contributed by atoms with Crippen molar-refractivity contribution in [2.24, 2.45) is 0 Å². The molecule has 11 rings (SSSR count). The Bertz CT molecular complexity index is 3030. The number of hydrogen-bond acceptors (Lipinski definition) is 2. The predicted molar refractivity (Wildman–Crippen MR) is 232 cm³/mol. The molecule has 0 aliphatic heterocycles. The summed E-state index contributed by atoms with van der Waals surface area (Å²) in [4.78, 5) is 10.8. The zero-order valence-corrected chi connectivity index (χ0v) is 30.4. The van der Waals surface area contributed by atoms with E-state index in [9.17, 15) is 0 Å². The van der Waals surface area contributed by atoms with Gasteiger partial charge in [-0.3, -0.25) is 9.13 Å². The molecule has 4 nitrogen and oxygen atoms in total. The van der Waals surface area contributed by atoms with E-state index in [0.717, 1.165) is 56.2 Å². The maximum atomic E-state index is 5.41. The Balaban J connectivity index is 1.15. The fourth-order valence-electron chi connectivity index (χ4n) is 8.37. The van der Waals surface area contributed by atoms with Crippen molar-refractivity contribution in [2.45, 2.75) is 0 Å². The second-order valence-electron chi connectivity index (χ2n) is 14.2. The van der Waals surface area contributed by atoms with Gasteiger partial charge in [0.2, 0.25) is 0 Å². The predicted octanol–water partition coefficient (Wildman–Crippen LogP) is 13.3. The van der Waals surface area contributed by atoms with Crippen molar-refractivity contribution in [2.75, 3.05) is 0 Å². The number of fused-ring (bicyclic) bond motifs is 7. The largest absolute Gasteiger partial charge is 0.292 e. The van der Waals surface area contributed by atoms with Crippen LogP contribution in [0.15, 0.2) is 206 Å². The molecule has 0 amide bonds. The van der Waals surface area contributed by atoms with Gasteiger partial charge in [0.25, 0.3) is 0 Å². The molecule has 0 unspecified atom stereocenters. The standard InChI is InChI=1S/C52H34N4/c1-3-15-35(16-4-1)37-19-11-21-39(33-37)45-25-13-29-49(53-45)55-47-27-9-7-23-41(47)43-31-32-44-42-24-8-10-28-48(42)56(52(44)51(43)55)50-30-14-26-46(54-50)40-22-12-20-38(34-40)36-17-5-2-6-18-36/h1-34H. The Kier molecular flexibility index (Phi) is 7.46. The average Bonchev–Trinajstić information content (AvgIpc) is 3.80. The first-order valence-electron chi connectivity index (χ1n) is 19.0. The van der Waals surface area contributed by atoms with Gasteiger partial charge in [0, 0.05) is 32.7 Å². The lowest BCUT2D eigenvalue weighted by Crippen LogP contribution is -2.02. The van der Waals surface area contributed by atoms with Crippen molar-refractivity contribution in [3.63, 3.8) is 0 Å². The molecule has 0 spiro atoms. The van der Waals surface area contributed by atoms with E-state index in [4.69, 9.17) is 9.97 Å². The molecule has 56 heavy (non-hydrogen) atoms. The summed E-state index contributed by atoms with van der Waals surface area (Å²) in [5, 5.41) is 4.70. The second kappa shape index (κ2) is 13.1. The molecule has 0 radical (unpaired) electrons. The summed E-state index contributed by atoms with van der Waals surface area (Å²) in [5.74, 6) is 1.73. The van der Waals surface area contributed by atoms with E-state index in [2.05, 4.69) is 215 Å². The van der Waals surface area contributed by atoms with Crippen LogP contribution in [-0.4, -0.2) is 19.1 Å². The number of nitrogens with zero attached hydrogens (tertiary/aromatic N) is 4. The van der Waals surface area contributed by atoms with E-state index < -0.39 is 0 Å². The molecule has 7 aromatic carbocycles. The quantitative estimate of drug-likeness (QED) is 0.172. The fraction of sp³-hybridized carbons (Fsp3) is 0. The van der Waals surface area contributed by atoms with E-state index >= 15 is 0 Å². The van der Waals surface area contributed by atoms with Crippen LogP contribution in [-0.2, 0) is 0 Å². The van der Waals surface area contributed by atoms with Gasteiger partial charge in [0.1, 0.15) is 11.6 Å². The van der Waals surface area contributed by atoms with Crippen molar-refractivity contribution < 1.29 is 0 Å². The van der Waals surface area contributed by atoms with Crippen LogP contribution in [0.3, 0.4) is 0 Å². The lowest BCUT2D eigenvalue weighted by Gasteiger charge is -2.13. The highest BCUT2D eigenvalue weighted by Crippen LogP contribution is 2.41. The highest BCUT2D eigenvalue weighted by Gasteiger charge is 2.22. The molecule has 4 heterocycles. The molecule has 0 saturated heterocycles. The summed E-state index contributed by atoms with van der Waals surface area (Å²) in [6.45, 7) is 0. The Labute approximate surface area is 324 Å². The molecule has 4 heteroatoms. The molecular weight excluding hydrogens is 681 g/mol. The van der Waals surface area contributed by atoms with Gasteiger partial charge < -0.3 is 0 Å². The molecule has 0 aliphatic rings. The van der Waals surface area contributed by atoms with Crippen molar-refractivity contribution in [1.29, 1.82) is 0 Å². The molecule has 4 aromatic heterocycles. The smallest absolute Gasteiger partial charge is 0.138 e. The molecule has 0 aliphatic carbocycles. The zero-order chi connectivity index (χ0) is 37.0. The SMILES string of the molecule is c1ccc(-c2cccc(-c3cccc(-n4c5ccccc5c5ccc6c7ccccc7n(-c7cccc(-c8cccc(-c9ccccc9)c8)n7)c6c54)n3)c2)cc1. The second-order valence-corrected chi connectivity index (χ2v) is 14.2. The minimum absolute atomic E-state index is 0.863. The monoisotopic (exact) mass is 714 g/mol. The summed E-state index contributed by atoms with van der Waals surface area (Å²) < 4.78 is 4.69. The lowest BCUT2D eigenvalue weighted by atomic mass is 10.0. The van der Waals surface area contributed by atoms with Gasteiger partial charge in [-0.05, 0) is 70.8 Å².